The zero-order chi connectivity index (χ0) is 35.6. The maximum atomic E-state index is 5.35. The summed E-state index contributed by atoms with van der Waals surface area (Å²) in [4.78, 5) is 12.0. The number of hydrogen-bond donors (Lipinski definition) is 0. The van der Waals surface area contributed by atoms with Crippen molar-refractivity contribution in [3.63, 3.8) is 0 Å². The number of aromatic nitrogens is 3. The fraction of sp³-hybridized carbons (Fsp3) is 0.0800. The average molecular weight is 710 g/mol. The molecular weight excluding hydrogens is 675 g/mol. The summed E-state index contributed by atoms with van der Waals surface area (Å²) in [6.45, 7) is 0. The number of nitrogens with zero attached hydrogens (tertiary/aromatic N) is 3. The smallest absolute Gasteiger partial charge is 0.160 e. The van der Waals surface area contributed by atoms with Crippen LogP contribution in [0.1, 0.15) is 35.4 Å². The molecule has 0 fully saturated rings. The van der Waals surface area contributed by atoms with Crippen LogP contribution in [0.15, 0.2) is 169 Å². The fourth-order valence-corrected chi connectivity index (χ4v) is 10.0. The lowest BCUT2D eigenvalue weighted by molar-refractivity contribution is 0.909. The van der Waals surface area contributed by atoms with Crippen LogP contribution in [0.5, 0.6) is 0 Å². The molecule has 256 valence electrons. The summed E-state index contributed by atoms with van der Waals surface area (Å²) in [6, 6.07) is 54.6. The van der Waals surface area contributed by atoms with Crippen LogP contribution in [0.4, 0.5) is 0 Å². The predicted octanol–water partition coefficient (Wildman–Crippen LogP) is 11.0. The number of para-hydroxylation sites is 2. The first kappa shape index (κ1) is 31.3. The third kappa shape index (κ3) is 5.20. The summed E-state index contributed by atoms with van der Waals surface area (Å²) in [7, 11) is 0. The van der Waals surface area contributed by atoms with Gasteiger partial charge in [-0.05, 0) is 83.1 Å². The molecule has 8 aromatic rings. The fourth-order valence-electron chi connectivity index (χ4n) is 8.65. The Morgan fingerprint density at radius 3 is 2.28 bits per heavy atom. The first-order chi connectivity index (χ1) is 26.7. The minimum absolute atomic E-state index is 0.205. The Kier molecular flexibility index (Phi) is 7.37. The van der Waals surface area contributed by atoms with Gasteiger partial charge in [-0.25, -0.2) is 9.97 Å². The quantitative estimate of drug-likeness (QED) is 0.178. The van der Waals surface area contributed by atoms with Crippen LogP contribution in [-0.4, -0.2) is 19.8 Å². The minimum Gasteiger partial charge on any atom is -0.309 e. The van der Waals surface area contributed by atoms with Crippen molar-refractivity contribution in [1.82, 2.24) is 14.5 Å². The van der Waals surface area contributed by atoms with Gasteiger partial charge in [-0.15, -0.1) is 11.8 Å². The van der Waals surface area contributed by atoms with Crippen molar-refractivity contribution in [1.29, 1.82) is 0 Å². The molecule has 3 nitrogen and oxygen atoms in total. The highest BCUT2D eigenvalue weighted by Crippen LogP contribution is 2.50. The normalized spacial score (nSPS) is 17.2. The Labute approximate surface area is 318 Å². The molecule has 0 saturated heterocycles. The molecule has 6 aromatic carbocycles. The lowest BCUT2D eigenvalue weighted by atomic mass is 9.89. The first-order valence-corrected chi connectivity index (χ1v) is 19.6. The van der Waals surface area contributed by atoms with Crippen LogP contribution in [-0.2, 0) is 0 Å². The molecule has 11 rings (SSSR count). The van der Waals surface area contributed by atoms with Crippen molar-refractivity contribution in [2.75, 3.05) is 0 Å². The van der Waals surface area contributed by atoms with Gasteiger partial charge < -0.3 is 4.57 Å². The van der Waals surface area contributed by atoms with Crippen LogP contribution >= 0.6 is 11.8 Å². The van der Waals surface area contributed by atoms with Crippen LogP contribution in [0.3, 0.4) is 0 Å². The van der Waals surface area contributed by atoms with Crippen molar-refractivity contribution < 1.29 is 0 Å². The van der Waals surface area contributed by atoms with E-state index in [1.807, 2.05) is 11.8 Å². The van der Waals surface area contributed by atoms with E-state index in [2.05, 4.69) is 181 Å². The van der Waals surface area contributed by atoms with Gasteiger partial charge in [0.15, 0.2) is 5.82 Å². The Morgan fingerprint density at radius 2 is 1.37 bits per heavy atom. The third-order valence-corrected chi connectivity index (χ3v) is 12.6. The van der Waals surface area contributed by atoms with Crippen LogP contribution in [0.25, 0.3) is 73.4 Å². The molecule has 1 aliphatic heterocycles. The van der Waals surface area contributed by atoms with E-state index in [9.17, 15) is 0 Å². The van der Waals surface area contributed by atoms with Crippen molar-refractivity contribution >= 4 is 56.9 Å². The van der Waals surface area contributed by atoms with E-state index in [1.54, 1.807) is 0 Å². The van der Waals surface area contributed by atoms with Crippen LogP contribution in [0, 0.1) is 0 Å². The standard InChI is InChI=1S/C50H35N3S/c1-3-12-32(13-4-1)49-43-30-34(35-24-27-46-42(29-35)39-18-7-9-20-45(39)53(46)38-16-5-2-6-17-38)23-26-44(43)51-50(52-49)37-15-11-14-33(28-37)36-22-25-41-40-19-8-10-21-47(40)54-48(41)31-36/h1-22,24-30,34,48H,23,31H2. The highest BCUT2D eigenvalue weighted by atomic mass is 32.2. The van der Waals surface area contributed by atoms with Gasteiger partial charge in [0.1, 0.15) is 0 Å². The Hall–Kier alpha value is -6.23. The summed E-state index contributed by atoms with van der Waals surface area (Å²) in [5.74, 6) is 0.972. The second kappa shape index (κ2) is 12.7. The van der Waals surface area contributed by atoms with Gasteiger partial charge in [-0.3, -0.25) is 0 Å². The van der Waals surface area contributed by atoms with E-state index in [0.29, 0.717) is 5.25 Å². The zero-order valence-electron chi connectivity index (χ0n) is 29.6. The molecule has 0 amide bonds. The van der Waals surface area contributed by atoms with Crippen molar-refractivity contribution in [3.8, 4) is 28.3 Å². The molecule has 2 unspecified atom stereocenters. The number of hydrogen-bond acceptors (Lipinski definition) is 3. The number of fused-ring (bicyclic) bond motifs is 7. The van der Waals surface area contributed by atoms with Gasteiger partial charge in [0.05, 0.1) is 22.1 Å². The van der Waals surface area contributed by atoms with Gasteiger partial charge in [0, 0.05) is 48.9 Å². The molecule has 3 heterocycles. The SMILES string of the molecule is C1=C(c2cccc(-c3nc(-c4ccccc4)c4c(n3)=CCC(c3ccc5c(c3)c3ccccc3n5-c3ccccc3)C=4)c2)CC2Sc3ccccc3C2=C1. The Bertz CT molecular complexity index is 2970. The lowest BCUT2D eigenvalue weighted by Gasteiger charge is -2.19. The molecule has 0 radical (unpaired) electrons. The van der Waals surface area contributed by atoms with E-state index in [1.165, 1.54) is 60.2 Å². The van der Waals surface area contributed by atoms with Crippen LogP contribution < -0.4 is 10.6 Å². The van der Waals surface area contributed by atoms with Crippen LogP contribution in [0.2, 0.25) is 0 Å². The average Bonchev–Trinajstić information content (AvgIpc) is 3.79. The molecule has 4 heteroatoms. The maximum Gasteiger partial charge on any atom is 0.160 e. The molecule has 0 bridgehead atoms. The van der Waals surface area contributed by atoms with Gasteiger partial charge in [0.2, 0.25) is 0 Å². The summed E-state index contributed by atoms with van der Waals surface area (Å²) in [6.07, 6.45) is 11.3. The van der Waals surface area contributed by atoms with Crippen molar-refractivity contribution in [2.24, 2.45) is 0 Å². The summed E-state index contributed by atoms with van der Waals surface area (Å²) in [5, 5.41) is 5.11. The minimum atomic E-state index is 0.205. The predicted molar refractivity (Wildman–Crippen MR) is 226 cm³/mol. The number of thioether (sulfide) groups is 1. The van der Waals surface area contributed by atoms with E-state index in [-0.39, 0.29) is 5.92 Å². The molecule has 2 atom stereocenters. The maximum absolute atomic E-state index is 5.35. The van der Waals surface area contributed by atoms with Gasteiger partial charge >= 0.3 is 0 Å². The largest absolute Gasteiger partial charge is 0.309 e. The zero-order valence-corrected chi connectivity index (χ0v) is 30.4. The van der Waals surface area contributed by atoms with E-state index < -0.39 is 0 Å². The number of rotatable bonds is 5. The summed E-state index contributed by atoms with van der Waals surface area (Å²) < 4.78 is 2.38. The highest BCUT2D eigenvalue weighted by Gasteiger charge is 2.30. The van der Waals surface area contributed by atoms with Crippen molar-refractivity contribution in [3.05, 3.63) is 191 Å². The molecule has 0 N–H and O–H groups in total. The molecule has 0 spiro atoms. The van der Waals surface area contributed by atoms with E-state index in [4.69, 9.17) is 9.97 Å². The summed E-state index contributed by atoms with van der Waals surface area (Å²) in [5.41, 5.74) is 13.5. The van der Waals surface area contributed by atoms with Gasteiger partial charge in [-0.1, -0.05) is 133 Å². The first-order valence-electron chi connectivity index (χ1n) is 18.8. The molecule has 2 aliphatic carbocycles. The van der Waals surface area contributed by atoms with Crippen molar-refractivity contribution in [2.45, 2.75) is 28.9 Å². The highest BCUT2D eigenvalue weighted by molar-refractivity contribution is 8.00. The second-order valence-corrected chi connectivity index (χ2v) is 15.7. The third-order valence-electron chi connectivity index (χ3n) is 11.3. The molecule has 54 heavy (non-hydrogen) atoms. The lowest BCUT2D eigenvalue weighted by Crippen LogP contribution is -2.35. The Morgan fingerprint density at radius 1 is 0.611 bits per heavy atom. The molecule has 2 aromatic heterocycles. The topological polar surface area (TPSA) is 30.7 Å². The van der Waals surface area contributed by atoms with E-state index in [0.717, 1.165) is 46.1 Å². The van der Waals surface area contributed by atoms with Gasteiger partial charge in [0.25, 0.3) is 0 Å². The number of benzene rings is 6. The van der Waals surface area contributed by atoms with E-state index >= 15 is 0 Å². The van der Waals surface area contributed by atoms with Gasteiger partial charge in [-0.2, -0.15) is 0 Å². The molecule has 3 aliphatic rings. The molecule has 0 saturated carbocycles. The Balaban J connectivity index is 0.994. The number of allylic oxidation sites excluding steroid dienone is 3. The monoisotopic (exact) mass is 709 g/mol. The second-order valence-electron chi connectivity index (χ2n) is 14.4. The summed E-state index contributed by atoms with van der Waals surface area (Å²) >= 11 is 1.99. The molecular formula is C50H35N3S.